The summed E-state index contributed by atoms with van der Waals surface area (Å²) in [5.41, 5.74) is 1.06. The van der Waals surface area contributed by atoms with E-state index in [0.29, 0.717) is 6.42 Å². The van der Waals surface area contributed by atoms with E-state index in [9.17, 15) is 4.79 Å². The summed E-state index contributed by atoms with van der Waals surface area (Å²) in [6, 6.07) is 1.92. The summed E-state index contributed by atoms with van der Waals surface area (Å²) in [7, 11) is 0. The van der Waals surface area contributed by atoms with Gasteiger partial charge in [0.25, 0.3) is 0 Å². The quantitative estimate of drug-likeness (QED) is 0.745. The molecule has 1 atom stereocenters. The van der Waals surface area contributed by atoms with Crippen molar-refractivity contribution < 1.29 is 9.90 Å². The third kappa shape index (κ3) is 2.61. The van der Waals surface area contributed by atoms with Crippen LogP contribution in [0.5, 0.6) is 0 Å². The highest BCUT2D eigenvalue weighted by molar-refractivity contribution is 5.70. The Bertz CT molecular complexity index is 264. The van der Waals surface area contributed by atoms with Crippen molar-refractivity contribution in [3.8, 4) is 0 Å². The van der Waals surface area contributed by atoms with Crippen molar-refractivity contribution in [2.45, 2.75) is 20.3 Å². The number of H-pyrrole nitrogens is 1. The summed E-state index contributed by atoms with van der Waals surface area (Å²) in [5.74, 6) is -0.820. The summed E-state index contributed by atoms with van der Waals surface area (Å²) in [5, 5.41) is 8.93. The first-order chi connectivity index (χ1) is 6.11. The SMILES string of the molecule is CC(C)[C@H](Cc1cc[nH]c1)C(=O)O. The molecule has 1 heterocycles. The summed E-state index contributed by atoms with van der Waals surface area (Å²) in [6.07, 6.45) is 4.27. The zero-order chi connectivity index (χ0) is 9.84. The Kier molecular flexibility index (Phi) is 3.12. The fourth-order valence-corrected chi connectivity index (χ4v) is 1.35. The van der Waals surface area contributed by atoms with Gasteiger partial charge < -0.3 is 10.1 Å². The number of aromatic nitrogens is 1. The Hall–Kier alpha value is -1.25. The normalized spacial score (nSPS) is 13.2. The molecule has 0 radical (unpaired) electrons. The third-order valence-electron chi connectivity index (χ3n) is 2.24. The van der Waals surface area contributed by atoms with Gasteiger partial charge in [-0.3, -0.25) is 4.79 Å². The van der Waals surface area contributed by atoms with Crippen LogP contribution in [-0.2, 0) is 11.2 Å². The van der Waals surface area contributed by atoms with Crippen molar-refractivity contribution in [3.05, 3.63) is 24.0 Å². The standard InChI is InChI=1S/C10H15NO2/c1-7(2)9(10(12)13)5-8-3-4-11-6-8/h3-4,6-7,9,11H,5H2,1-2H3,(H,12,13)/t9-/m0/s1. The first-order valence-corrected chi connectivity index (χ1v) is 4.45. The van der Waals surface area contributed by atoms with Crippen LogP contribution in [0, 0.1) is 11.8 Å². The Morgan fingerprint density at radius 1 is 1.62 bits per heavy atom. The van der Waals surface area contributed by atoms with Gasteiger partial charge >= 0.3 is 5.97 Å². The van der Waals surface area contributed by atoms with Crippen molar-refractivity contribution in [1.82, 2.24) is 4.98 Å². The van der Waals surface area contributed by atoms with E-state index >= 15 is 0 Å². The number of carboxylic acid groups (broad SMARTS) is 1. The zero-order valence-electron chi connectivity index (χ0n) is 7.95. The maximum atomic E-state index is 10.9. The molecule has 72 valence electrons. The molecule has 0 bridgehead atoms. The minimum atomic E-state index is -0.712. The summed E-state index contributed by atoms with van der Waals surface area (Å²) in [4.78, 5) is 13.8. The number of aliphatic carboxylic acids is 1. The lowest BCUT2D eigenvalue weighted by atomic mass is 9.90. The molecule has 13 heavy (non-hydrogen) atoms. The van der Waals surface area contributed by atoms with E-state index in [1.807, 2.05) is 32.3 Å². The molecule has 0 aliphatic heterocycles. The molecule has 2 N–H and O–H groups in total. The second-order valence-electron chi connectivity index (χ2n) is 3.61. The van der Waals surface area contributed by atoms with Crippen LogP contribution in [0.1, 0.15) is 19.4 Å². The highest BCUT2D eigenvalue weighted by atomic mass is 16.4. The Balaban J connectivity index is 2.63. The molecular weight excluding hydrogens is 166 g/mol. The van der Waals surface area contributed by atoms with E-state index in [0.717, 1.165) is 5.56 Å². The molecule has 0 saturated heterocycles. The second-order valence-corrected chi connectivity index (χ2v) is 3.61. The lowest BCUT2D eigenvalue weighted by Gasteiger charge is -2.14. The summed E-state index contributed by atoms with van der Waals surface area (Å²) in [6.45, 7) is 3.87. The molecule has 0 aliphatic carbocycles. The maximum absolute atomic E-state index is 10.9. The second kappa shape index (κ2) is 4.12. The topological polar surface area (TPSA) is 53.1 Å². The van der Waals surface area contributed by atoms with Crippen molar-refractivity contribution in [1.29, 1.82) is 0 Å². The number of hydrogen-bond donors (Lipinski definition) is 2. The molecule has 1 aromatic heterocycles. The van der Waals surface area contributed by atoms with Gasteiger partial charge in [-0.05, 0) is 24.0 Å². The van der Waals surface area contributed by atoms with Gasteiger partial charge in [0.05, 0.1) is 5.92 Å². The molecule has 1 rings (SSSR count). The van der Waals surface area contributed by atoms with E-state index in [4.69, 9.17) is 5.11 Å². The van der Waals surface area contributed by atoms with E-state index in [-0.39, 0.29) is 11.8 Å². The van der Waals surface area contributed by atoms with Crippen LogP contribution in [0.25, 0.3) is 0 Å². The molecule has 0 aromatic carbocycles. The van der Waals surface area contributed by atoms with Crippen molar-refractivity contribution >= 4 is 5.97 Å². The molecule has 3 nitrogen and oxygen atoms in total. The van der Waals surface area contributed by atoms with E-state index in [1.54, 1.807) is 0 Å². The van der Waals surface area contributed by atoms with E-state index in [1.165, 1.54) is 0 Å². The van der Waals surface area contributed by atoms with Gasteiger partial charge in [0.1, 0.15) is 0 Å². The van der Waals surface area contributed by atoms with Crippen LogP contribution in [0.2, 0.25) is 0 Å². The first-order valence-electron chi connectivity index (χ1n) is 4.45. The van der Waals surface area contributed by atoms with Crippen LogP contribution < -0.4 is 0 Å². The van der Waals surface area contributed by atoms with E-state index in [2.05, 4.69) is 4.98 Å². The number of hydrogen-bond acceptors (Lipinski definition) is 1. The van der Waals surface area contributed by atoms with Crippen molar-refractivity contribution in [3.63, 3.8) is 0 Å². The molecule has 1 aromatic rings. The Labute approximate surface area is 77.8 Å². The predicted octanol–water partition coefficient (Wildman–Crippen LogP) is 1.91. The van der Waals surface area contributed by atoms with Gasteiger partial charge in [0, 0.05) is 12.4 Å². The minimum Gasteiger partial charge on any atom is -0.481 e. The molecule has 0 saturated carbocycles. The Morgan fingerprint density at radius 2 is 2.31 bits per heavy atom. The zero-order valence-corrected chi connectivity index (χ0v) is 7.95. The summed E-state index contributed by atoms with van der Waals surface area (Å²) < 4.78 is 0. The monoisotopic (exact) mass is 181 g/mol. The number of aromatic amines is 1. The fourth-order valence-electron chi connectivity index (χ4n) is 1.35. The smallest absolute Gasteiger partial charge is 0.307 e. The Morgan fingerprint density at radius 3 is 2.69 bits per heavy atom. The van der Waals surface area contributed by atoms with Crippen molar-refractivity contribution in [2.24, 2.45) is 11.8 Å². The van der Waals surface area contributed by atoms with Gasteiger partial charge in [0.15, 0.2) is 0 Å². The van der Waals surface area contributed by atoms with Crippen LogP contribution >= 0.6 is 0 Å². The lowest BCUT2D eigenvalue weighted by Crippen LogP contribution is -2.21. The van der Waals surface area contributed by atoms with Gasteiger partial charge in [-0.25, -0.2) is 0 Å². The average molecular weight is 181 g/mol. The van der Waals surface area contributed by atoms with Crippen LogP contribution in [0.4, 0.5) is 0 Å². The highest BCUT2D eigenvalue weighted by Crippen LogP contribution is 2.16. The van der Waals surface area contributed by atoms with Gasteiger partial charge in [-0.2, -0.15) is 0 Å². The van der Waals surface area contributed by atoms with E-state index < -0.39 is 5.97 Å². The third-order valence-corrected chi connectivity index (χ3v) is 2.24. The molecule has 0 unspecified atom stereocenters. The number of carbonyl (C=O) groups is 1. The molecule has 0 amide bonds. The van der Waals surface area contributed by atoms with Crippen molar-refractivity contribution in [2.75, 3.05) is 0 Å². The molecule has 0 fully saturated rings. The van der Waals surface area contributed by atoms with Crippen LogP contribution in [-0.4, -0.2) is 16.1 Å². The van der Waals surface area contributed by atoms with Gasteiger partial charge in [0.2, 0.25) is 0 Å². The molecule has 3 heteroatoms. The first kappa shape index (κ1) is 9.84. The number of carboxylic acids is 1. The number of nitrogens with one attached hydrogen (secondary N) is 1. The maximum Gasteiger partial charge on any atom is 0.307 e. The molecule has 0 aliphatic rings. The highest BCUT2D eigenvalue weighted by Gasteiger charge is 2.21. The largest absolute Gasteiger partial charge is 0.481 e. The average Bonchev–Trinajstić information content (AvgIpc) is 2.50. The molecular formula is C10H15NO2. The van der Waals surface area contributed by atoms with Gasteiger partial charge in [-0.15, -0.1) is 0 Å². The fraction of sp³-hybridized carbons (Fsp3) is 0.500. The van der Waals surface area contributed by atoms with Crippen LogP contribution in [0.3, 0.4) is 0 Å². The summed E-state index contributed by atoms with van der Waals surface area (Å²) >= 11 is 0. The van der Waals surface area contributed by atoms with Gasteiger partial charge in [-0.1, -0.05) is 13.8 Å². The predicted molar refractivity (Wildman–Crippen MR) is 50.5 cm³/mol. The minimum absolute atomic E-state index is 0.174. The van der Waals surface area contributed by atoms with Crippen LogP contribution in [0.15, 0.2) is 18.5 Å². The lowest BCUT2D eigenvalue weighted by molar-refractivity contribution is -0.143. The molecule has 0 spiro atoms. The number of rotatable bonds is 4.